The van der Waals surface area contributed by atoms with Gasteiger partial charge in [0.05, 0.1) is 4.47 Å². The van der Waals surface area contributed by atoms with Crippen molar-refractivity contribution in [1.29, 1.82) is 0 Å². The zero-order valence-electron chi connectivity index (χ0n) is 10.2. The molecule has 1 aromatic heterocycles. The molecule has 0 radical (unpaired) electrons. The molecular formula is C12H19BrN4. The third kappa shape index (κ3) is 2.89. The second-order valence-corrected chi connectivity index (χ2v) is 5.69. The van der Waals surface area contributed by atoms with Gasteiger partial charge in [-0.25, -0.2) is 4.98 Å². The topological polar surface area (TPSA) is 63.8 Å². The summed E-state index contributed by atoms with van der Waals surface area (Å²) < 4.78 is 0.871. The minimum Gasteiger partial charge on any atom is -0.368 e. The van der Waals surface area contributed by atoms with E-state index in [1.807, 2.05) is 0 Å². The molecule has 5 heteroatoms. The molecule has 0 bridgehead atoms. The lowest BCUT2D eigenvalue weighted by molar-refractivity contribution is 0.306. The molecule has 1 aromatic rings. The van der Waals surface area contributed by atoms with E-state index < -0.39 is 0 Å². The molecule has 0 saturated heterocycles. The molecule has 1 saturated carbocycles. The minimum absolute atomic E-state index is 0.313. The summed E-state index contributed by atoms with van der Waals surface area (Å²) in [5.74, 6) is 1.12. The molecule has 0 amide bonds. The molecule has 4 nitrogen and oxygen atoms in total. The first-order valence-electron chi connectivity index (χ1n) is 6.17. The molecule has 0 aromatic carbocycles. The minimum atomic E-state index is 0.313. The highest BCUT2D eigenvalue weighted by molar-refractivity contribution is 9.10. The highest BCUT2D eigenvalue weighted by Gasteiger charge is 2.31. The average Bonchev–Trinajstić information content (AvgIpc) is 2.80. The van der Waals surface area contributed by atoms with Gasteiger partial charge in [0.2, 0.25) is 5.95 Å². The number of nitrogens with one attached hydrogen (secondary N) is 1. The van der Waals surface area contributed by atoms with Gasteiger partial charge in [-0.2, -0.15) is 4.98 Å². The molecule has 94 valence electrons. The lowest BCUT2D eigenvalue weighted by Gasteiger charge is -2.28. The van der Waals surface area contributed by atoms with Gasteiger partial charge >= 0.3 is 0 Å². The Labute approximate surface area is 111 Å². The van der Waals surface area contributed by atoms with Crippen molar-refractivity contribution in [2.45, 2.75) is 39.0 Å². The van der Waals surface area contributed by atoms with Crippen LogP contribution in [0.5, 0.6) is 0 Å². The van der Waals surface area contributed by atoms with Crippen molar-refractivity contribution in [3.8, 4) is 0 Å². The summed E-state index contributed by atoms with van der Waals surface area (Å²) in [4.78, 5) is 8.14. The summed E-state index contributed by atoms with van der Waals surface area (Å²) in [6.45, 7) is 3.24. The Hall–Kier alpha value is -0.840. The average molecular weight is 299 g/mol. The summed E-state index contributed by atoms with van der Waals surface area (Å²) in [6, 6.07) is 0. The van der Waals surface area contributed by atoms with Crippen molar-refractivity contribution < 1.29 is 0 Å². The predicted octanol–water partition coefficient (Wildman–Crippen LogP) is 3.20. The number of nitrogen functional groups attached to an aromatic ring is 1. The van der Waals surface area contributed by atoms with Gasteiger partial charge in [0.15, 0.2) is 0 Å². The van der Waals surface area contributed by atoms with Crippen LogP contribution in [0, 0.1) is 5.41 Å². The number of aromatic nitrogens is 2. The first kappa shape index (κ1) is 12.6. The molecule has 0 spiro atoms. The summed E-state index contributed by atoms with van der Waals surface area (Å²) in [5.41, 5.74) is 6.04. The fraction of sp³-hybridized carbons (Fsp3) is 0.667. The number of nitrogens with two attached hydrogens (primary N) is 1. The van der Waals surface area contributed by atoms with Crippen LogP contribution in [-0.4, -0.2) is 16.5 Å². The SMILES string of the molecule is CCC1(CNc2nc(N)ncc2Br)CCCC1. The van der Waals surface area contributed by atoms with Crippen LogP contribution in [-0.2, 0) is 0 Å². The Morgan fingerprint density at radius 3 is 2.82 bits per heavy atom. The van der Waals surface area contributed by atoms with E-state index in [0.29, 0.717) is 11.4 Å². The molecule has 1 aliphatic rings. The summed E-state index contributed by atoms with van der Waals surface area (Å²) in [7, 11) is 0. The van der Waals surface area contributed by atoms with E-state index in [1.165, 1.54) is 32.1 Å². The Morgan fingerprint density at radius 1 is 1.47 bits per heavy atom. The fourth-order valence-corrected chi connectivity index (χ4v) is 2.89. The normalized spacial score (nSPS) is 18.2. The Morgan fingerprint density at radius 2 is 2.18 bits per heavy atom. The van der Waals surface area contributed by atoms with Crippen molar-refractivity contribution in [2.75, 3.05) is 17.6 Å². The van der Waals surface area contributed by atoms with Gasteiger partial charge in [0.25, 0.3) is 0 Å². The highest BCUT2D eigenvalue weighted by atomic mass is 79.9. The maximum absolute atomic E-state index is 5.59. The quantitative estimate of drug-likeness (QED) is 0.896. The number of hydrogen-bond donors (Lipinski definition) is 2. The number of halogens is 1. The summed E-state index contributed by atoms with van der Waals surface area (Å²) >= 11 is 3.44. The molecule has 1 heterocycles. The van der Waals surface area contributed by atoms with Crippen LogP contribution in [0.3, 0.4) is 0 Å². The first-order valence-corrected chi connectivity index (χ1v) is 6.96. The summed E-state index contributed by atoms with van der Waals surface area (Å²) in [6.07, 6.45) is 8.24. The van der Waals surface area contributed by atoms with Gasteiger partial charge in [0.1, 0.15) is 5.82 Å². The molecule has 0 unspecified atom stereocenters. The Kier molecular flexibility index (Phi) is 3.86. The van der Waals surface area contributed by atoms with Crippen LogP contribution < -0.4 is 11.1 Å². The highest BCUT2D eigenvalue weighted by Crippen LogP contribution is 2.41. The molecule has 17 heavy (non-hydrogen) atoms. The van der Waals surface area contributed by atoms with Crippen molar-refractivity contribution in [3.63, 3.8) is 0 Å². The molecule has 1 aliphatic carbocycles. The van der Waals surface area contributed by atoms with Gasteiger partial charge in [-0.3, -0.25) is 0 Å². The first-order chi connectivity index (χ1) is 8.15. The zero-order chi connectivity index (χ0) is 12.3. The maximum Gasteiger partial charge on any atom is 0.221 e. The van der Waals surface area contributed by atoms with Gasteiger partial charge < -0.3 is 11.1 Å². The van der Waals surface area contributed by atoms with Crippen molar-refractivity contribution in [1.82, 2.24) is 9.97 Å². The van der Waals surface area contributed by atoms with Crippen LogP contribution in [0.2, 0.25) is 0 Å². The third-order valence-electron chi connectivity index (χ3n) is 3.81. The van der Waals surface area contributed by atoms with Gasteiger partial charge in [0, 0.05) is 12.7 Å². The van der Waals surface area contributed by atoms with Crippen molar-refractivity contribution in [2.24, 2.45) is 5.41 Å². The van der Waals surface area contributed by atoms with Crippen LogP contribution in [0.25, 0.3) is 0 Å². The van der Waals surface area contributed by atoms with Crippen LogP contribution in [0.4, 0.5) is 11.8 Å². The summed E-state index contributed by atoms with van der Waals surface area (Å²) in [5, 5.41) is 3.41. The zero-order valence-corrected chi connectivity index (χ0v) is 11.8. The standard InChI is InChI=1S/C12H19BrN4/c1-2-12(5-3-4-6-12)8-16-10-9(13)7-15-11(14)17-10/h7H,2-6,8H2,1H3,(H3,14,15,16,17). The number of anilines is 2. The van der Waals surface area contributed by atoms with E-state index in [9.17, 15) is 0 Å². The van der Waals surface area contributed by atoms with E-state index in [0.717, 1.165) is 16.8 Å². The number of nitrogens with zero attached hydrogens (tertiary/aromatic N) is 2. The van der Waals surface area contributed by atoms with Crippen LogP contribution >= 0.6 is 15.9 Å². The van der Waals surface area contributed by atoms with Crippen molar-refractivity contribution >= 4 is 27.7 Å². The fourth-order valence-electron chi connectivity index (χ4n) is 2.56. The van der Waals surface area contributed by atoms with E-state index in [4.69, 9.17) is 5.73 Å². The lowest BCUT2D eigenvalue weighted by Crippen LogP contribution is -2.26. The predicted molar refractivity (Wildman–Crippen MR) is 73.8 cm³/mol. The molecule has 2 rings (SSSR count). The van der Waals surface area contributed by atoms with Crippen LogP contribution in [0.1, 0.15) is 39.0 Å². The van der Waals surface area contributed by atoms with E-state index in [2.05, 4.69) is 38.1 Å². The van der Waals surface area contributed by atoms with Gasteiger partial charge in [-0.15, -0.1) is 0 Å². The van der Waals surface area contributed by atoms with Crippen molar-refractivity contribution in [3.05, 3.63) is 10.7 Å². The van der Waals surface area contributed by atoms with Gasteiger partial charge in [-0.1, -0.05) is 19.8 Å². The Bertz CT molecular complexity index is 388. The second-order valence-electron chi connectivity index (χ2n) is 4.84. The lowest BCUT2D eigenvalue weighted by atomic mass is 9.83. The monoisotopic (exact) mass is 298 g/mol. The smallest absolute Gasteiger partial charge is 0.221 e. The van der Waals surface area contributed by atoms with E-state index >= 15 is 0 Å². The largest absolute Gasteiger partial charge is 0.368 e. The number of rotatable bonds is 4. The number of hydrogen-bond acceptors (Lipinski definition) is 4. The molecule has 3 N–H and O–H groups in total. The molecule has 1 fully saturated rings. The molecule has 0 aliphatic heterocycles. The van der Waals surface area contributed by atoms with E-state index in [-0.39, 0.29) is 0 Å². The molecule has 0 atom stereocenters. The Balaban J connectivity index is 2.03. The third-order valence-corrected chi connectivity index (χ3v) is 4.39. The second kappa shape index (κ2) is 5.21. The maximum atomic E-state index is 5.59. The van der Waals surface area contributed by atoms with Crippen LogP contribution in [0.15, 0.2) is 10.7 Å². The van der Waals surface area contributed by atoms with Gasteiger partial charge in [-0.05, 0) is 40.6 Å². The van der Waals surface area contributed by atoms with E-state index in [1.54, 1.807) is 6.20 Å². The molecular weight excluding hydrogens is 280 g/mol.